The number of ether oxygens (including phenoxy) is 3. The number of hydrogen-bond donors (Lipinski definition) is 3. The molecular weight excluding hydrogens is 412 g/mol. The summed E-state index contributed by atoms with van der Waals surface area (Å²) in [6.45, 7) is 7.08. The van der Waals surface area contributed by atoms with Crippen molar-refractivity contribution in [2.45, 2.75) is 19.9 Å². The van der Waals surface area contributed by atoms with Gasteiger partial charge in [0.1, 0.15) is 24.7 Å². The Morgan fingerprint density at radius 1 is 1.06 bits per heavy atom. The normalized spacial score (nSPS) is 15.8. The van der Waals surface area contributed by atoms with Gasteiger partial charge in [0.2, 0.25) is 5.95 Å². The fourth-order valence-corrected chi connectivity index (χ4v) is 3.84. The SMILES string of the molecule is CC(C)Nc1nc(Nc2ccc(C(=O)N3CCOCC3)c3c2OCCO3)nc2[nH]ccc12. The molecule has 2 aliphatic heterocycles. The Kier molecular flexibility index (Phi) is 5.44. The quantitative estimate of drug-likeness (QED) is 0.557. The van der Waals surface area contributed by atoms with Gasteiger partial charge in [0.05, 0.1) is 29.9 Å². The van der Waals surface area contributed by atoms with Gasteiger partial charge in [-0.1, -0.05) is 0 Å². The molecule has 10 nitrogen and oxygen atoms in total. The van der Waals surface area contributed by atoms with Gasteiger partial charge in [-0.3, -0.25) is 4.79 Å². The molecule has 3 N–H and O–H groups in total. The molecule has 5 rings (SSSR count). The summed E-state index contributed by atoms with van der Waals surface area (Å²) in [5, 5.41) is 7.51. The molecule has 0 saturated carbocycles. The lowest BCUT2D eigenvalue weighted by Crippen LogP contribution is -2.41. The van der Waals surface area contributed by atoms with Crippen LogP contribution in [0.1, 0.15) is 24.2 Å². The van der Waals surface area contributed by atoms with E-state index in [4.69, 9.17) is 14.2 Å². The number of benzene rings is 1. The standard InChI is InChI=1S/C22H26N6O4/c1-13(2)24-20-15-5-6-23-19(15)26-22(27-20)25-16-4-3-14(17-18(16)32-12-11-31-17)21(29)28-7-9-30-10-8-28/h3-6,13H,7-12H2,1-2H3,(H3,23,24,25,26,27). The molecule has 0 bridgehead atoms. The van der Waals surface area contributed by atoms with Gasteiger partial charge in [-0.05, 0) is 32.0 Å². The zero-order valence-electron chi connectivity index (χ0n) is 18.1. The van der Waals surface area contributed by atoms with Gasteiger partial charge in [-0.15, -0.1) is 0 Å². The Hall–Kier alpha value is -3.53. The van der Waals surface area contributed by atoms with Crippen LogP contribution in [0.15, 0.2) is 24.4 Å². The van der Waals surface area contributed by atoms with Crippen LogP contribution in [-0.2, 0) is 4.74 Å². The zero-order chi connectivity index (χ0) is 22.1. The van der Waals surface area contributed by atoms with E-state index in [2.05, 4.69) is 39.4 Å². The molecule has 3 aromatic rings. The van der Waals surface area contributed by atoms with Gasteiger partial charge < -0.3 is 34.7 Å². The number of nitrogens with zero attached hydrogens (tertiary/aromatic N) is 3. The average molecular weight is 438 g/mol. The first-order valence-corrected chi connectivity index (χ1v) is 10.8. The Bertz CT molecular complexity index is 1140. The van der Waals surface area contributed by atoms with Crippen molar-refractivity contribution in [2.24, 2.45) is 0 Å². The van der Waals surface area contributed by atoms with Crippen molar-refractivity contribution in [3.05, 3.63) is 30.0 Å². The topological polar surface area (TPSA) is 114 Å². The van der Waals surface area contributed by atoms with Gasteiger partial charge in [0, 0.05) is 25.3 Å². The number of amides is 1. The van der Waals surface area contributed by atoms with E-state index >= 15 is 0 Å². The minimum Gasteiger partial charge on any atom is -0.485 e. The number of hydrogen-bond acceptors (Lipinski definition) is 8. The second kappa shape index (κ2) is 8.54. The summed E-state index contributed by atoms with van der Waals surface area (Å²) >= 11 is 0. The molecule has 32 heavy (non-hydrogen) atoms. The Morgan fingerprint density at radius 2 is 1.84 bits per heavy atom. The predicted molar refractivity (Wildman–Crippen MR) is 120 cm³/mol. The number of carbonyl (C=O) groups is 1. The Labute approximate surface area is 185 Å². The largest absolute Gasteiger partial charge is 0.485 e. The Morgan fingerprint density at radius 3 is 2.62 bits per heavy atom. The summed E-state index contributed by atoms with van der Waals surface area (Å²) in [4.78, 5) is 27.2. The van der Waals surface area contributed by atoms with Crippen LogP contribution in [0.2, 0.25) is 0 Å². The third-order valence-corrected chi connectivity index (χ3v) is 5.30. The van der Waals surface area contributed by atoms with Crippen LogP contribution in [0.25, 0.3) is 11.0 Å². The molecule has 1 aromatic carbocycles. The number of fused-ring (bicyclic) bond motifs is 2. The minimum absolute atomic E-state index is 0.0888. The average Bonchev–Trinajstić information content (AvgIpc) is 3.28. The molecule has 0 aliphatic carbocycles. The lowest BCUT2D eigenvalue weighted by Gasteiger charge is -2.29. The summed E-state index contributed by atoms with van der Waals surface area (Å²) in [5.41, 5.74) is 1.84. The molecule has 168 valence electrons. The molecule has 0 unspecified atom stereocenters. The van der Waals surface area contributed by atoms with E-state index in [9.17, 15) is 4.79 Å². The van der Waals surface area contributed by atoms with Crippen LogP contribution in [0.5, 0.6) is 11.5 Å². The van der Waals surface area contributed by atoms with Gasteiger partial charge >= 0.3 is 0 Å². The molecule has 2 aliphatic rings. The molecule has 1 saturated heterocycles. The number of rotatable bonds is 5. The first kappa shape index (κ1) is 20.4. The van der Waals surface area contributed by atoms with Crippen molar-refractivity contribution in [3.8, 4) is 11.5 Å². The molecule has 1 fully saturated rings. The van der Waals surface area contributed by atoms with Crippen LogP contribution in [0.3, 0.4) is 0 Å². The van der Waals surface area contributed by atoms with Gasteiger partial charge in [-0.2, -0.15) is 9.97 Å². The second-order valence-electron chi connectivity index (χ2n) is 7.98. The van der Waals surface area contributed by atoms with Crippen LogP contribution < -0.4 is 20.1 Å². The highest BCUT2D eigenvalue weighted by atomic mass is 16.6. The monoisotopic (exact) mass is 438 g/mol. The van der Waals surface area contributed by atoms with Crippen molar-refractivity contribution in [1.29, 1.82) is 0 Å². The summed E-state index contributed by atoms with van der Waals surface area (Å²) < 4.78 is 17.1. The van der Waals surface area contributed by atoms with Crippen molar-refractivity contribution in [1.82, 2.24) is 19.9 Å². The molecule has 0 spiro atoms. The van der Waals surface area contributed by atoms with Crippen LogP contribution in [-0.4, -0.2) is 71.3 Å². The maximum Gasteiger partial charge on any atom is 0.257 e. The number of H-pyrrole nitrogens is 1. The number of anilines is 3. The molecule has 0 atom stereocenters. The molecule has 2 aromatic heterocycles. The van der Waals surface area contributed by atoms with E-state index in [0.29, 0.717) is 68.2 Å². The molecule has 1 amide bonds. The first-order valence-electron chi connectivity index (χ1n) is 10.8. The van der Waals surface area contributed by atoms with Crippen molar-refractivity contribution >= 4 is 34.4 Å². The minimum atomic E-state index is -0.0888. The number of nitrogens with one attached hydrogen (secondary N) is 3. The van der Waals surface area contributed by atoms with E-state index in [1.54, 1.807) is 17.0 Å². The summed E-state index contributed by atoms with van der Waals surface area (Å²) in [5.74, 6) is 1.99. The van der Waals surface area contributed by atoms with E-state index in [0.717, 1.165) is 16.9 Å². The zero-order valence-corrected chi connectivity index (χ0v) is 18.1. The van der Waals surface area contributed by atoms with E-state index in [-0.39, 0.29) is 11.9 Å². The smallest absolute Gasteiger partial charge is 0.257 e. The van der Waals surface area contributed by atoms with E-state index in [1.165, 1.54) is 0 Å². The van der Waals surface area contributed by atoms with Crippen molar-refractivity contribution in [2.75, 3.05) is 50.2 Å². The number of carbonyl (C=O) groups excluding carboxylic acids is 1. The van der Waals surface area contributed by atoms with E-state index in [1.807, 2.05) is 12.3 Å². The third kappa shape index (κ3) is 3.89. The van der Waals surface area contributed by atoms with E-state index < -0.39 is 0 Å². The summed E-state index contributed by atoms with van der Waals surface area (Å²) in [7, 11) is 0. The summed E-state index contributed by atoms with van der Waals surface area (Å²) in [6.07, 6.45) is 1.83. The highest BCUT2D eigenvalue weighted by Crippen LogP contribution is 2.42. The molecular formula is C22H26N6O4. The number of aromatic nitrogens is 3. The first-order chi connectivity index (χ1) is 15.6. The maximum absolute atomic E-state index is 13.1. The fourth-order valence-electron chi connectivity index (χ4n) is 3.84. The molecule has 0 radical (unpaired) electrons. The number of morpholine rings is 1. The van der Waals surface area contributed by atoms with Crippen LogP contribution >= 0.6 is 0 Å². The molecule has 4 heterocycles. The third-order valence-electron chi connectivity index (χ3n) is 5.30. The lowest BCUT2D eigenvalue weighted by molar-refractivity contribution is 0.0298. The summed E-state index contributed by atoms with van der Waals surface area (Å²) in [6, 6.07) is 5.72. The fraction of sp³-hybridized carbons (Fsp3) is 0.409. The van der Waals surface area contributed by atoms with Crippen molar-refractivity contribution < 1.29 is 19.0 Å². The van der Waals surface area contributed by atoms with Crippen LogP contribution in [0, 0.1) is 0 Å². The van der Waals surface area contributed by atoms with Crippen LogP contribution in [0.4, 0.5) is 17.5 Å². The maximum atomic E-state index is 13.1. The van der Waals surface area contributed by atoms with Crippen molar-refractivity contribution in [3.63, 3.8) is 0 Å². The molecule has 10 heteroatoms. The second-order valence-corrected chi connectivity index (χ2v) is 7.98. The number of aromatic amines is 1. The van der Waals surface area contributed by atoms with Gasteiger partial charge in [0.25, 0.3) is 5.91 Å². The highest BCUT2D eigenvalue weighted by Gasteiger charge is 2.28. The highest BCUT2D eigenvalue weighted by molar-refractivity contribution is 5.99. The predicted octanol–water partition coefficient (Wildman–Crippen LogP) is 2.77. The Balaban J connectivity index is 1.49. The van der Waals surface area contributed by atoms with Gasteiger partial charge in [0.15, 0.2) is 11.5 Å². The van der Waals surface area contributed by atoms with Gasteiger partial charge in [-0.25, -0.2) is 0 Å². The lowest BCUT2D eigenvalue weighted by atomic mass is 10.1.